The van der Waals surface area contributed by atoms with Gasteiger partial charge in [0.05, 0.1) is 13.2 Å². The molecule has 3 aromatic rings. The fourth-order valence-corrected chi connectivity index (χ4v) is 2.94. The topological polar surface area (TPSA) is 38.3 Å². The Hall–Kier alpha value is -3.17. The van der Waals surface area contributed by atoms with Crippen LogP contribution >= 0.6 is 0 Å². The van der Waals surface area contributed by atoms with E-state index in [1.165, 1.54) is 7.11 Å². The highest BCUT2D eigenvalue weighted by Crippen LogP contribution is 2.23. The maximum absolute atomic E-state index is 12.4. The summed E-state index contributed by atoms with van der Waals surface area (Å²) in [4.78, 5) is 12.4. The maximum atomic E-state index is 12.4. The minimum absolute atomic E-state index is 0.143. The SMILES string of the molecule is COC(=O)[C@H](N[C@@H](/C=C/c1ccccc1)c1ccccc1)c1ccccc1. The molecule has 0 heterocycles. The number of methoxy groups -OCH3 is 1. The number of hydrogen-bond donors (Lipinski definition) is 1. The second kappa shape index (κ2) is 9.51. The van der Waals surface area contributed by atoms with E-state index in [1.807, 2.05) is 91.0 Å². The lowest BCUT2D eigenvalue weighted by Crippen LogP contribution is -2.32. The summed E-state index contributed by atoms with van der Waals surface area (Å²) in [6.45, 7) is 0. The van der Waals surface area contributed by atoms with Crippen LogP contribution in [0.5, 0.6) is 0 Å². The summed E-state index contributed by atoms with van der Waals surface area (Å²) >= 11 is 0. The Morgan fingerprint density at radius 2 is 1.33 bits per heavy atom. The summed E-state index contributed by atoms with van der Waals surface area (Å²) in [5, 5.41) is 3.45. The van der Waals surface area contributed by atoms with Gasteiger partial charge in [0.15, 0.2) is 0 Å². The molecule has 0 saturated carbocycles. The van der Waals surface area contributed by atoms with E-state index in [4.69, 9.17) is 4.74 Å². The number of nitrogens with one attached hydrogen (secondary N) is 1. The number of esters is 1. The van der Waals surface area contributed by atoms with Gasteiger partial charge < -0.3 is 4.74 Å². The predicted octanol–water partition coefficient (Wildman–Crippen LogP) is 4.95. The number of carbonyl (C=O) groups is 1. The molecule has 0 spiro atoms. The molecule has 2 atom stereocenters. The van der Waals surface area contributed by atoms with E-state index < -0.39 is 6.04 Å². The first kappa shape index (κ1) is 18.6. The predicted molar refractivity (Wildman–Crippen MR) is 109 cm³/mol. The van der Waals surface area contributed by atoms with Crippen molar-refractivity contribution in [1.82, 2.24) is 5.32 Å². The molecule has 0 aromatic heterocycles. The third-order valence-electron chi connectivity index (χ3n) is 4.36. The number of rotatable bonds is 7. The molecule has 0 radical (unpaired) electrons. The molecule has 0 bridgehead atoms. The van der Waals surface area contributed by atoms with E-state index in [0.29, 0.717) is 0 Å². The van der Waals surface area contributed by atoms with Gasteiger partial charge in [-0.1, -0.05) is 103 Å². The molecule has 0 aliphatic carbocycles. The van der Waals surface area contributed by atoms with Crippen molar-refractivity contribution >= 4 is 12.0 Å². The quantitative estimate of drug-likeness (QED) is 0.608. The van der Waals surface area contributed by atoms with E-state index in [1.54, 1.807) is 0 Å². The summed E-state index contributed by atoms with van der Waals surface area (Å²) in [5.41, 5.74) is 3.06. The first-order valence-corrected chi connectivity index (χ1v) is 8.95. The summed E-state index contributed by atoms with van der Waals surface area (Å²) in [6, 6.07) is 29.1. The van der Waals surface area contributed by atoms with Gasteiger partial charge in [-0.3, -0.25) is 5.32 Å². The number of carbonyl (C=O) groups excluding carboxylic acids is 1. The first-order valence-electron chi connectivity index (χ1n) is 8.95. The van der Waals surface area contributed by atoms with Crippen LogP contribution in [0.15, 0.2) is 97.1 Å². The summed E-state index contributed by atoms with van der Waals surface area (Å²) in [7, 11) is 1.41. The minimum Gasteiger partial charge on any atom is -0.468 e. The third-order valence-corrected chi connectivity index (χ3v) is 4.36. The highest BCUT2D eigenvalue weighted by Gasteiger charge is 2.24. The van der Waals surface area contributed by atoms with Crippen LogP contribution < -0.4 is 5.32 Å². The summed E-state index contributed by atoms with van der Waals surface area (Å²) in [6.07, 6.45) is 4.13. The lowest BCUT2D eigenvalue weighted by molar-refractivity contribution is -0.143. The van der Waals surface area contributed by atoms with Crippen molar-refractivity contribution in [3.05, 3.63) is 114 Å². The molecule has 1 N–H and O–H groups in total. The van der Waals surface area contributed by atoms with Gasteiger partial charge in [-0.05, 0) is 16.7 Å². The normalized spacial score (nSPS) is 13.2. The molecule has 136 valence electrons. The van der Waals surface area contributed by atoms with Gasteiger partial charge in [0.25, 0.3) is 0 Å². The third kappa shape index (κ3) is 5.16. The van der Waals surface area contributed by atoms with Crippen molar-refractivity contribution in [2.24, 2.45) is 0 Å². The number of ether oxygens (including phenoxy) is 1. The Morgan fingerprint density at radius 3 is 1.89 bits per heavy atom. The van der Waals surface area contributed by atoms with Crippen molar-refractivity contribution in [1.29, 1.82) is 0 Å². The highest BCUT2D eigenvalue weighted by molar-refractivity contribution is 5.77. The molecular formula is C24H23NO2. The van der Waals surface area contributed by atoms with Gasteiger partial charge in [0.1, 0.15) is 6.04 Å². The fourth-order valence-electron chi connectivity index (χ4n) is 2.94. The molecule has 0 aliphatic rings. The van der Waals surface area contributed by atoms with Crippen LogP contribution in [-0.2, 0) is 9.53 Å². The Kier molecular flexibility index (Phi) is 6.55. The van der Waals surface area contributed by atoms with Gasteiger partial charge in [0, 0.05) is 0 Å². The Bertz CT molecular complexity index is 861. The molecule has 0 aliphatic heterocycles. The van der Waals surface area contributed by atoms with Gasteiger partial charge >= 0.3 is 5.97 Å². The average molecular weight is 357 g/mol. The van der Waals surface area contributed by atoms with Crippen LogP contribution in [0.2, 0.25) is 0 Å². The fraction of sp³-hybridized carbons (Fsp3) is 0.125. The second-order valence-corrected chi connectivity index (χ2v) is 6.19. The Morgan fingerprint density at radius 1 is 0.815 bits per heavy atom. The summed E-state index contributed by atoms with van der Waals surface area (Å²) < 4.78 is 5.04. The molecule has 3 rings (SSSR count). The van der Waals surface area contributed by atoms with Crippen molar-refractivity contribution in [3.63, 3.8) is 0 Å². The molecule has 3 aromatic carbocycles. The van der Waals surface area contributed by atoms with Gasteiger partial charge in [-0.15, -0.1) is 0 Å². The molecular weight excluding hydrogens is 334 g/mol. The Balaban J connectivity index is 1.91. The number of hydrogen-bond acceptors (Lipinski definition) is 3. The van der Waals surface area contributed by atoms with Crippen molar-refractivity contribution < 1.29 is 9.53 Å². The molecule has 0 saturated heterocycles. The lowest BCUT2D eigenvalue weighted by atomic mass is 10.0. The van der Waals surface area contributed by atoms with E-state index in [2.05, 4.69) is 17.5 Å². The standard InChI is InChI=1S/C24H23NO2/c1-27-24(26)23(21-15-9-4-10-16-21)25-22(20-13-7-3-8-14-20)18-17-19-11-5-2-6-12-19/h2-18,22-23,25H,1H3/b18-17+/t22-,23+/m0/s1. The monoisotopic (exact) mass is 357 g/mol. The molecule has 27 heavy (non-hydrogen) atoms. The van der Waals surface area contributed by atoms with Crippen LogP contribution in [-0.4, -0.2) is 13.1 Å². The van der Waals surface area contributed by atoms with E-state index in [0.717, 1.165) is 16.7 Å². The number of benzene rings is 3. The van der Waals surface area contributed by atoms with Crippen molar-refractivity contribution in [3.8, 4) is 0 Å². The highest BCUT2D eigenvalue weighted by atomic mass is 16.5. The van der Waals surface area contributed by atoms with Crippen LogP contribution in [0.25, 0.3) is 6.08 Å². The molecule has 3 nitrogen and oxygen atoms in total. The van der Waals surface area contributed by atoms with E-state index in [9.17, 15) is 4.79 Å². The van der Waals surface area contributed by atoms with Gasteiger partial charge in [0.2, 0.25) is 0 Å². The van der Waals surface area contributed by atoms with Crippen LogP contribution in [0.1, 0.15) is 28.8 Å². The molecule has 3 heteroatoms. The smallest absolute Gasteiger partial charge is 0.327 e. The zero-order valence-corrected chi connectivity index (χ0v) is 15.3. The average Bonchev–Trinajstić information content (AvgIpc) is 2.75. The Labute approximate surface area is 160 Å². The second-order valence-electron chi connectivity index (χ2n) is 6.19. The first-order chi connectivity index (χ1) is 13.3. The lowest BCUT2D eigenvalue weighted by Gasteiger charge is -2.23. The minimum atomic E-state index is -0.554. The molecule has 0 fully saturated rings. The molecule has 0 amide bonds. The van der Waals surface area contributed by atoms with E-state index >= 15 is 0 Å². The maximum Gasteiger partial charge on any atom is 0.327 e. The van der Waals surface area contributed by atoms with Gasteiger partial charge in [-0.25, -0.2) is 4.79 Å². The largest absolute Gasteiger partial charge is 0.468 e. The molecule has 0 unspecified atom stereocenters. The van der Waals surface area contributed by atoms with Gasteiger partial charge in [-0.2, -0.15) is 0 Å². The van der Waals surface area contributed by atoms with E-state index in [-0.39, 0.29) is 12.0 Å². The van der Waals surface area contributed by atoms with Crippen LogP contribution in [0.4, 0.5) is 0 Å². The van der Waals surface area contributed by atoms with Crippen molar-refractivity contribution in [2.75, 3.05) is 7.11 Å². The van der Waals surface area contributed by atoms with Crippen LogP contribution in [0, 0.1) is 0 Å². The van der Waals surface area contributed by atoms with Crippen molar-refractivity contribution in [2.45, 2.75) is 12.1 Å². The van der Waals surface area contributed by atoms with Crippen LogP contribution in [0.3, 0.4) is 0 Å². The summed E-state index contributed by atoms with van der Waals surface area (Å²) in [5.74, 6) is -0.310. The zero-order chi connectivity index (χ0) is 18.9. The zero-order valence-electron chi connectivity index (χ0n) is 15.3.